The summed E-state index contributed by atoms with van der Waals surface area (Å²) in [6.07, 6.45) is 8.88. The summed E-state index contributed by atoms with van der Waals surface area (Å²) in [4.78, 5) is 0. The second-order valence-corrected chi connectivity index (χ2v) is 5.57. The molecule has 0 fully saturated rings. The minimum atomic E-state index is -0.0216. The molecule has 0 amide bonds. The highest BCUT2D eigenvalue weighted by Crippen LogP contribution is 2.30. The van der Waals surface area contributed by atoms with Gasteiger partial charge in [-0.1, -0.05) is 46.0 Å². The van der Waals surface area contributed by atoms with E-state index in [9.17, 15) is 0 Å². The Balaban J connectivity index is 3.19. The maximum absolute atomic E-state index is 4.48. The molecule has 0 aliphatic carbocycles. The molecule has 0 heterocycles. The minimum absolute atomic E-state index is 0.0216. The molecule has 0 atom stereocenters. The van der Waals surface area contributed by atoms with Crippen molar-refractivity contribution >= 4 is 25.3 Å². The Morgan fingerprint density at radius 1 is 0.917 bits per heavy atom. The number of hydrogen-bond donors (Lipinski definition) is 2. The van der Waals surface area contributed by atoms with Crippen LogP contribution < -0.4 is 0 Å². The second-order valence-electron chi connectivity index (χ2n) is 3.50. The molecular weight excluding hydrogens is 184 g/mol. The fourth-order valence-electron chi connectivity index (χ4n) is 1.19. The molecule has 0 unspecified atom stereocenters. The van der Waals surface area contributed by atoms with E-state index < -0.39 is 0 Å². The lowest BCUT2D eigenvalue weighted by Gasteiger charge is -2.19. The average molecular weight is 206 g/mol. The first-order valence-corrected chi connectivity index (χ1v) is 5.96. The maximum atomic E-state index is 4.48. The molecule has 0 saturated heterocycles. The summed E-state index contributed by atoms with van der Waals surface area (Å²) in [5.74, 6) is 0. The van der Waals surface area contributed by atoms with Gasteiger partial charge >= 0.3 is 0 Å². The lowest BCUT2D eigenvalue weighted by molar-refractivity contribution is 0.579. The van der Waals surface area contributed by atoms with Gasteiger partial charge in [0.05, 0.1) is 4.08 Å². The molecule has 0 N–H and O–H groups in total. The van der Waals surface area contributed by atoms with E-state index in [0.717, 1.165) is 12.8 Å². The largest absolute Gasteiger partial charge is 0.162 e. The predicted octanol–water partition coefficient (Wildman–Crippen LogP) is 4.31. The van der Waals surface area contributed by atoms with E-state index >= 15 is 0 Å². The van der Waals surface area contributed by atoms with E-state index in [0.29, 0.717) is 0 Å². The summed E-state index contributed by atoms with van der Waals surface area (Å²) in [6.45, 7) is 4.39. The van der Waals surface area contributed by atoms with Crippen LogP contribution in [0.2, 0.25) is 0 Å². The number of unbranched alkanes of at least 4 members (excludes halogenated alkanes) is 4. The van der Waals surface area contributed by atoms with E-state index in [4.69, 9.17) is 0 Å². The maximum Gasteiger partial charge on any atom is 0.0549 e. The van der Waals surface area contributed by atoms with E-state index in [2.05, 4.69) is 39.1 Å². The van der Waals surface area contributed by atoms with E-state index in [-0.39, 0.29) is 4.08 Å². The highest BCUT2D eigenvalue weighted by Gasteiger charge is 2.15. The summed E-state index contributed by atoms with van der Waals surface area (Å²) < 4.78 is -0.0216. The van der Waals surface area contributed by atoms with Gasteiger partial charge in [-0.3, -0.25) is 0 Å². The van der Waals surface area contributed by atoms with Crippen molar-refractivity contribution in [3.8, 4) is 0 Å². The molecule has 0 aromatic carbocycles. The highest BCUT2D eigenvalue weighted by atomic mass is 32.2. The van der Waals surface area contributed by atoms with Gasteiger partial charge in [0.1, 0.15) is 0 Å². The van der Waals surface area contributed by atoms with Crippen molar-refractivity contribution in [3.63, 3.8) is 0 Å². The van der Waals surface area contributed by atoms with Crippen molar-refractivity contribution in [2.45, 2.75) is 62.9 Å². The zero-order valence-corrected chi connectivity index (χ0v) is 10.1. The van der Waals surface area contributed by atoms with Crippen molar-refractivity contribution in [2.24, 2.45) is 0 Å². The van der Waals surface area contributed by atoms with Crippen LogP contribution in [0.4, 0.5) is 0 Å². The fraction of sp³-hybridized carbons (Fsp3) is 1.00. The molecule has 0 spiro atoms. The lowest BCUT2D eigenvalue weighted by Crippen LogP contribution is -2.10. The van der Waals surface area contributed by atoms with E-state index in [1.54, 1.807) is 0 Å². The normalized spacial score (nSPS) is 12.0. The molecule has 2 heteroatoms. The average Bonchev–Trinajstić information content (AvgIpc) is 2.04. The Bertz CT molecular complexity index is 100. The van der Waals surface area contributed by atoms with Crippen molar-refractivity contribution in [1.29, 1.82) is 0 Å². The summed E-state index contributed by atoms with van der Waals surface area (Å²) in [7, 11) is 0. The molecule has 0 aliphatic heterocycles. The summed E-state index contributed by atoms with van der Waals surface area (Å²) in [6, 6.07) is 0. The van der Waals surface area contributed by atoms with Gasteiger partial charge in [-0.25, -0.2) is 0 Å². The van der Waals surface area contributed by atoms with Crippen molar-refractivity contribution in [1.82, 2.24) is 0 Å². The Kier molecular flexibility index (Phi) is 7.55. The van der Waals surface area contributed by atoms with Gasteiger partial charge in [-0.05, 0) is 12.8 Å². The summed E-state index contributed by atoms with van der Waals surface area (Å²) in [5.41, 5.74) is 0. The van der Waals surface area contributed by atoms with Gasteiger partial charge in [0.25, 0.3) is 0 Å². The van der Waals surface area contributed by atoms with Gasteiger partial charge in [-0.2, -0.15) is 25.3 Å². The smallest absolute Gasteiger partial charge is 0.0549 e. The molecule has 0 nitrogen and oxygen atoms in total. The molecule has 0 rings (SSSR count). The first-order valence-electron chi connectivity index (χ1n) is 5.07. The van der Waals surface area contributed by atoms with Crippen LogP contribution in [0.25, 0.3) is 0 Å². The zero-order chi connectivity index (χ0) is 9.45. The van der Waals surface area contributed by atoms with Crippen LogP contribution in [0.1, 0.15) is 58.8 Å². The number of thiol groups is 2. The van der Waals surface area contributed by atoms with Crippen LogP contribution in [-0.2, 0) is 0 Å². The molecule has 0 aliphatic rings. The van der Waals surface area contributed by atoms with Crippen molar-refractivity contribution < 1.29 is 0 Å². The predicted molar refractivity (Wildman–Crippen MR) is 64.4 cm³/mol. The zero-order valence-electron chi connectivity index (χ0n) is 8.34. The number of hydrogen-bond acceptors (Lipinski definition) is 2. The minimum Gasteiger partial charge on any atom is -0.162 e. The molecule has 0 bridgehead atoms. The van der Waals surface area contributed by atoms with Gasteiger partial charge < -0.3 is 0 Å². The molecule has 0 radical (unpaired) electrons. The van der Waals surface area contributed by atoms with Crippen LogP contribution in [0, 0.1) is 0 Å². The third kappa shape index (κ3) is 7.35. The fourth-order valence-corrected chi connectivity index (χ4v) is 1.50. The van der Waals surface area contributed by atoms with E-state index in [1.165, 1.54) is 32.1 Å². The first kappa shape index (κ1) is 12.7. The molecule has 0 aromatic heterocycles. The van der Waals surface area contributed by atoms with Crippen LogP contribution in [0.15, 0.2) is 0 Å². The van der Waals surface area contributed by atoms with Crippen LogP contribution >= 0.6 is 25.3 Å². The highest BCUT2D eigenvalue weighted by molar-refractivity contribution is 8.00. The van der Waals surface area contributed by atoms with Gasteiger partial charge in [0.15, 0.2) is 0 Å². The monoisotopic (exact) mass is 206 g/mol. The van der Waals surface area contributed by atoms with Crippen LogP contribution in [0.3, 0.4) is 0 Å². The lowest BCUT2D eigenvalue weighted by atomic mass is 10.1. The van der Waals surface area contributed by atoms with E-state index in [1.807, 2.05) is 0 Å². The topological polar surface area (TPSA) is 0 Å². The molecule has 74 valence electrons. The SMILES string of the molecule is CCCCCCCC(S)(S)CC. The Hall–Kier alpha value is 0.700. The second kappa shape index (κ2) is 7.14. The Labute approximate surface area is 88.3 Å². The van der Waals surface area contributed by atoms with Crippen molar-refractivity contribution in [2.75, 3.05) is 0 Å². The van der Waals surface area contributed by atoms with Gasteiger partial charge in [-0.15, -0.1) is 0 Å². The van der Waals surface area contributed by atoms with Crippen LogP contribution in [-0.4, -0.2) is 4.08 Å². The molecule has 0 saturated carbocycles. The van der Waals surface area contributed by atoms with Crippen LogP contribution in [0.5, 0.6) is 0 Å². The summed E-state index contributed by atoms with van der Waals surface area (Å²) in [5, 5.41) is 0. The van der Waals surface area contributed by atoms with Gasteiger partial charge in [0, 0.05) is 0 Å². The molecule has 12 heavy (non-hydrogen) atoms. The third-order valence-electron chi connectivity index (χ3n) is 2.25. The van der Waals surface area contributed by atoms with Gasteiger partial charge in [0.2, 0.25) is 0 Å². The first-order chi connectivity index (χ1) is 5.62. The van der Waals surface area contributed by atoms with Crippen molar-refractivity contribution in [3.05, 3.63) is 0 Å². The Morgan fingerprint density at radius 3 is 2.00 bits per heavy atom. The molecular formula is C10H22S2. The third-order valence-corrected chi connectivity index (χ3v) is 3.33. The quantitative estimate of drug-likeness (QED) is 0.346. The summed E-state index contributed by atoms with van der Waals surface area (Å²) >= 11 is 8.95. The molecule has 0 aromatic rings. The Morgan fingerprint density at radius 2 is 1.50 bits per heavy atom. The standard InChI is InChI=1S/C10H22S2/c1-3-5-6-7-8-9-10(11,12)4-2/h11-12H,3-9H2,1-2H3. The number of rotatable bonds is 7.